The Morgan fingerprint density at radius 2 is 1.96 bits per heavy atom. The van der Waals surface area contributed by atoms with Crippen LogP contribution in [0.4, 0.5) is 8.78 Å². The van der Waals surface area contributed by atoms with Gasteiger partial charge in [-0.05, 0) is 41.8 Å². The molecule has 1 aromatic carbocycles. The van der Waals surface area contributed by atoms with Gasteiger partial charge < -0.3 is 10.2 Å². The molecule has 140 valence electrons. The molecule has 1 aromatic rings. The van der Waals surface area contributed by atoms with Gasteiger partial charge in [0.1, 0.15) is 11.6 Å². The normalized spacial score (nSPS) is 24.1. The number of hydrogen-bond acceptors (Lipinski definition) is 3. The molecule has 3 rings (SSSR count). The zero-order valence-corrected chi connectivity index (χ0v) is 14.9. The topological polar surface area (TPSA) is 60.8 Å². The van der Waals surface area contributed by atoms with Crippen molar-refractivity contribution in [3.8, 4) is 5.75 Å². The Labute approximate surface area is 155 Å². The van der Waals surface area contributed by atoms with Gasteiger partial charge >= 0.3 is 0 Å². The van der Waals surface area contributed by atoms with E-state index in [0.29, 0.717) is 5.70 Å². The van der Waals surface area contributed by atoms with Gasteiger partial charge in [0.2, 0.25) is 0 Å². The first kappa shape index (κ1) is 18.7. The van der Waals surface area contributed by atoms with E-state index in [1.807, 2.05) is 6.92 Å². The molecule has 2 aliphatic rings. The Bertz CT molecular complexity index is 950. The van der Waals surface area contributed by atoms with Gasteiger partial charge in [0.15, 0.2) is 11.6 Å². The first-order valence-electron chi connectivity index (χ1n) is 8.59. The standard InChI is InChI=1S/C21H19F2NO3/c1-12-9-15(22)4-6-18(12)24(19-7-5-16(25)10-13(19)2)21(27)14-3-8-20(26)17(23)11-14/h3-4,6,8-9,11-13,18,25-26H,10H2,1-2H3. The second kappa shape index (κ2) is 7.28. The van der Waals surface area contributed by atoms with Crippen molar-refractivity contribution in [2.24, 2.45) is 11.8 Å². The summed E-state index contributed by atoms with van der Waals surface area (Å²) in [6, 6.07) is 2.89. The van der Waals surface area contributed by atoms with Gasteiger partial charge in [-0.3, -0.25) is 9.69 Å². The Morgan fingerprint density at radius 1 is 1.22 bits per heavy atom. The summed E-state index contributed by atoms with van der Waals surface area (Å²) in [7, 11) is 0. The lowest BCUT2D eigenvalue weighted by Crippen LogP contribution is -2.44. The number of aromatic hydroxyl groups is 1. The first-order valence-corrected chi connectivity index (χ1v) is 8.59. The number of rotatable bonds is 3. The molecule has 27 heavy (non-hydrogen) atoms. The molecule has 0 aliphatic heterocycles. The largest absolute Gasteiger partial charge is 0.505 e. The quantitative estimate of drug-likeness (QED) is 0.768. The molecular weight excluding hydrogens is 352 g/mol. The van der Waals surface area contributed by atoms with Crippen LogP contribution in [0, 0.1) is 17.7 Å². The van der Waals surface area contributed by atoms with E-state index in [0.717, 1.165) is 12.1 Å². The summed E-state index contributed by atoms with van der Waals surface area (Å²) < 4.78 is 27.4. The van der Waals surface area contributed by atoms with E-state index in [1.165, 1.54) is 23.1 Å². The van der Waals surface area contributed by atoms with Crippen LogP contribution in [0.25, 0.3) is 0 Å². The molecule has 1 amide bonds. The van der Waals surface area contributed by atoms with E-state index in [9.17, 15) is 23.8 Å². The number of aliphatic hydroxyl groups excluding tert-OH is 1. The van der Waals surface area contributed by atoms with Gasteiger partial charge in [-0.2, -0.15) is 0 Å². The highest BCUT2D eigenvalue weighted by Gasteiger charge is 2.34. The molecule has 0 spiro atoms. The lowest BCUT2D eigenvalue weighted by Gasteiger charge is -2.37. The second-order valence-corrected chi connectivity index (χ2v) is 6.79. The van der Waals surface area contributed by atoms with Crippen molar-refractivity contribution >= 4 is 5.91 Å². The van der Waals surface area contributed by atoms with Crippen LogP contribution in [-0.2, 0) is 0 Å². The van der Waals surface area contributed by atoms with Crippen molar-refractivity contribution < 1.29 is 23.8 Å². The van der Waals surface area contributed by atoms with Crippen molar-refractivity contribution in [3.05, 3.63) is 76.6 Å². The second-order valence-electron chi connectivity index (χ2n) is 6.79. The number of amides is 1. The summed E-state index contributed by atoms with van der Waals surface area (Å²) in [5.74, 6) is -2.89. The molecule has 0 saturated carbocycles. The van der Waals surface area contributed by atoms with Gasteiger partial charge in [0.05, 0.1) is 11.7 Å². The van der Waals surface area contributed by atoms with Gasteiger partial charge in [0.25, 0.3) is 5.91 Å². The maximum absolute atomic E-state index is 13.8. The summed E-state index contributed by atoms with van der Waals surface area (Å²) >= 11 is 0. The number of hydrogen-bond donors (Lipinski definition) is 2. The smallest absolute Gasteiger partial charge is 0.259 e. The van der Waals surface area contributed by atoms with Crippen molar-refractivity contribution in [1.82, 2.24) is 4.90 Å². The van der Waals surface area contributed by atoms with Gasteiger partial charge in [-0.15, -0.1) is 0 Å². The number of halogens is 2. The molecule has 0 fully saturated rings. The molecule has 0 radical (unpaired) electrons. The maximum atomic E-state index is 13.8. The minimum atomic E-state index is -0.905. The molecule has 0 heterocycles. The Morgan fingerprint density at radius 3 is 2.59 bits per heavy atom. The SMILES string of the molecule is CC1CC(O)=C=C=C1N(C(=O)c1ccc(O)c(F)c1)C1C=CC(F)=CC1C. The zero-order valence-electron chi connectivity index (χ0n) is 14.9. The molecular formula is C21H19F2NO3. The fraction of sp³-hybridized carbons (Fsp3) is 0.286. The third-order valence-corrected chi connectivity index (χ3v) is 4.69. The van der Waals surface area contributed by atoms with E-state index in [1.54, 1.807) is 13.0 Å². The average Bonchev–Trinajstić information content (AvgIpc) is 2.60. The lowest BCUT2D eigenvalue weighted by atomic mass is 9.90. The van der Waals surface area contributed by atoms with Crippen LogP contribution in [0.2, 0.25) is 0 Å². The van der Waals surface area contributed by atoms with Gasteiger partial charge in [-0.1, -0.05) is 19.9 Å². The van der Waals surface area contributed by atoms with E-state index in [4.69, 9.17) is 0 Å². The number of allylic oxidation sites excluding steroid dienone is 4. The molecule has 0 aromatic heterocycles. The third kappa shape index (κ3) is 3.72. The predicted molar refractivity (Wildman–Crippen MR) is 96.0 cm³/mol. The van der Waals surface area contributed by atoms with Gasteiger partial charge in [0, 0.05) is 23.8 Å². The maximum Gasteiger partial charge on any atom is 0.259 e. The lowest BCUT2D eigenvalue weighted by molar-refractivity contribution is 0.0727. The highest BCUT2D eigenvalue weighted by Crippen LogP contribution is 2.32. The van der Waals surface area contributed by atoms with Crippen LogP contribution < -0.4 is 0 Å². The molecule has 0 saturated heterocycles. The molecule has 2 aliphatic carbocycles. The molecule has 3 unspecified atom stereocenters. The summed E-state index contributed by atoms with van der Waals surface area (Å²) in [5, 5.41) is 19.1. The minimum absolute atomic E-state index is 0.0347. The number of carbonyl (C=O) groups excluding carboxylic acids is 1. The number of benzene rings is 1. The molecule has 2 N–H and O–H groups in total. The van der Waals surface area contributed by atoms with Crippen LogP contribution >= 0.6 is 0 Å². The molecule has 0 bridgehead atoms. The molecule has 6 heteroatoms. The Hall–Kier alpha value is -3.07. The number of aliphatic hydroxyl groups is 1. The fourth-order valence-electron chi connectivity index (χ4n) is 3.27. The third-order valence-electron chi connectivity index (χ3n) is 4.69. The van der Waals surface area contributed by atoms with Crippen molar-refractivity contribution in [2.75, 3.05) is 0 Å². The van der Waals surface area contributed by atoms with Crippen molar-refractivity contribution in [3.63, 3.8) is 0 Å². The number of phenols is 1. The average molecular weight is 371 g/mol. The Kier molecular flexibility index (Phi) is 5.04. The summed E-state index contributed by atoms with van der Waals surface area (Å²) in [6.45, 7) is 3.60. The zero-order chi connectivity index (χ0) is 19.7. The van der Waals surface area contributed by atoms with E-state index in [-0.39, 0.29) is 35.4 Å². The summed E-state index contributed by atoms with van der Waals surface area (Å²) in [4.78, 5) is 14.7. The summed E-state index contributed by atoms with van der Waals surface area (Å²) in [6.07, 6.45) is 4.56. The first-order chi connectivity index (χ1) is 12.8. The fourth-order valence-corrected chi connectivity index (χ4v) is 3.27. The Balaban J connectivity index is 2.10. The van der Waals surface area contributed by atoms with E-state index >= 15 is 0 Å². The van der Waals surface area contributed by atoms with Crippen molar-refractivity contribution in [1.29, 1.82) is 0 Å². The summed E-state index contributed by atoms with van der Waals surface area (Å²) in [5.41, 5.74) is 5.93. The number of carbonyl (C=O) groups is 1. The molecule has 4 nitrogen and oxygen atoms in total. The van der Waals surface area contributed by atoms with Crippen LogP contribution in [-0.4, -0.2) is 27.1 Å². The van der Waals surface area contributed by atoms with Crippen LogP contribution in [0.5, 0.6) is 5.75 Å². The highest BCUT2D eigenvalue weighted by atomic mass is 19.1. The number of nitrogens with zero attached hydrogens (tertiary/aromatic N) is 1. The number of phenolic OH excluding ortho intramolecular Hbond substituents is 1. The van der Waals surface area contributed by atoms with Crippen LogP contribution in [0.3, 0.4) is 0 Å². The molecule has 3 atom stereocenters. The highest BCUT2D eigenvalue weighted by molar-refractivity contribution is 5.96. The van der Waals surface area contributed by atoms with Crippen LogP contribution in [0.1, 0.15) is 30.6 Å². The van der Waals surface area contributed by atoms with Gasteiger partial charge in [-0.25, -0.2) is 8.78 Å². The predicted octanol–water partition coefficient (Wildman–Crippen LogP) is 4.52. The van der Waals surface area contributed by atoms with E-state index < -0.39 is 23.5 Å². The minimum Gasteiger partial charge on any atom is -0.505 e. The van der Waals surface area contributed by atoms with Crippen LogP contribution in [0.15, 0.2) is 65.2 Å². The van der Waals surface area contributed by atoms with Crippen molar-refractivity contribution in [2.45, 2.75) is 26.3 Å². The monoisotopic (exact) mass is 371 g/mol. The van der Waals surface area contributed by atoms with E-state index in [2.05, 4.69) is 11.5 Å².